The lowest BCUT2D eigenvalue weighted by Crippen LogP contribution is -1.88. The van der Waals surface area contributed by atoms with E-state index in [1.807, 2.05) is 24.3 Å². The summed E-state index contributed by atoms with van der Waals surface area (Å²) in [6.45, 7) is 0. The van der Waals surface area contributed by atoms with Crippen molar-refractivity contribution in [1.29, 1.82) is 0 Å². The van der Waals surface area contributed by atoms with Crippen LogP contribution in [0.25, 0.3) is 38.9 Å². The summed E-state index contributed by atoms with van der Waals surface area (Å²) in [6, 6.07) is 20.3. The van der Waals surface area contributed by atoms with Crippen molar-refractivity contribution in [2.24, 2.45) is 0 Å². The van der Waals surface area contributed by atoms with Gasteiger partial charge in [-0.3, -0.25) is 0 Å². The minimum atomic E-state index is 0.857. The molecule has 6 heteroatoms. The van der Waals surface area contributed by atoms with Crippen LogP contribution in [0.4, 0.5) is 5.69 Å². The van der Waals surface area contributed by atoms with Gasteiger partial charge in [-0.05, 0) is 60.7 Å². The number of thioether (sulfide) groups is 1. The first-order chi connectivity index (χ1) is 14.3. The van der Waals surface area contributed by atoms with Crippen LogP contribution in [0, 0.1) is 0 Å². The third-order valence-corrected chi connectivity index (χ3v) is 6.73. The van der Waals surface area contributed by atoms with Gasteiger partial charge in [0, 0.05) is 22.1 Å². The van der Waals surface area contributed by atoms with E-state index >= 15 is 0 Å². The van der Waals surface area contributed by atoms with Gasteiger partial charge in [-0.2, -0.15) is 0 Å². The zero-order valence-electron chi connectivity index (χ0n) is 15.1. The van der Waals surface area contributed by atoms with Crippen LogP contribution < -0.4 is 5.32 Å². The normalized spacial score (nSPS) is 14.4. The van der Waals surface area contributed by atoms with Crippen molar-refractivity contribution < 1.29 is 8.83 Å². The Balaban J connectivity index is 1.30. The lowest BCUT2D eigenvalue weighted by Gasteiger charge is -2.01. The van der Waals surface area contributed by atoms with Gasteiger partial charge >= 0.3 is 0 Å². The van der Waals surface area contributed by atoms with Crippen molar-refractivity contribution >= 4 is 45.1 Å². The number of thiazole rings is 1. The summed E-state index contributed by atoms with van der Waals surface area (Å²) in [5.41, 5.74) is 4.18. The van der Waals surface area contributed by atoms with Gasteiger partial charge < -0.3 is 14.2 Å². The molecule has 140 valence electrons. The molecule has 1 N–H and O–H groups in total. The second-order valence-corrected chi connectivity index (χ2v) is 8.78. The molecule has 0 amide bonds. The molecule has 0 unspecified atom stereocenters. The third-order valence-electron chi connectivity index (χ3n) is 4.73. The molecule has 1 aliphatic heterocycles. The monoisotopic (exact) mass is 414 g/mol. The van der Waals surface area contributed by atoms with Crippen LogP contribution in [0.1, 0.15) is 5.01 Å². The maximum absolute atomic E-state index is 5.51. The molecule has 0 bridgehead atoms. The second-order valence-electron chi connectivity index (χ2n) is 6.64. The molecule has 0 radical (unpaired) electrons. The number of benzene rings is 2. The fraction of sp³-hybridized carbons (Fsp3) is 0. The van der Waals surface area contributed by atoms with Crippen molar-refractivity contribution in [2.75, 3.05) is 5.32 Å². The molecular weight excluding hydrogens is 400 g/mol. The summed E-state index contributed by atoms with van der Waals surface area (Å²) in [7, 11) is 0. The first kappa shape index (κ1) is 16.7. The molecule has 3 aromatic heterocycles. The Morgan fingerprint density at radius 1 is 0.862 bits per heavy atom. The number of hydrogen-bond donors (Lipinski definition) is 1. The molecule has 29 heavy (non-hydrogen) atoms. The Kier molecular flexibility index (Phi) is 3.85. The molecule has 0 atom stereocenters. The largest absolute Gasteiger partial charge is 0.464 e. The third kappa shape index (κ3) is 3.06. The quantitative estimate of drug-likeness (QED) is 0.335. The molecule has 4 heterocycles. The summed E-state index contributed by atoms with van der Waals surface area (Å²) < 4.78 is 12.2. The Bertz CT molecular complexity index is 1350. The predicted octanol–water partition coefficient (Wildman–Crippen LogP) is 7.33. The van der Waals surface area contributed by atoms with E-state index in [-0.39, 0.29) is 0 Å². The van der Waals surface area contributed by atoms with Crippen molar-refractivity contribution in [3.8, 4) is 22.6 Å². The van der Waals surface area contributed by atoms with E-state index in [2.05, 4.69) is 47.8 Å². The Morgan fingerprint density at radius 2 is 1.62 bits per heavy atom. The van der Waals surface area contributed by atoms with E-state index in [1.165, 1.54) is 4.90 Å². The molecule has 4 nitrogen and oxygen atoms in total. The number of hydrogen-bond acceptors (Lipinski definition) is 6. The fourth-order valence-electron chi connectivity index (χ4n) is 3.37. The summed E-state index contributed by atoms with van der Waals surface area (Å²) in [6.07, 6.45) is 5.49. The van der Waals surface area contributed by atoms with E-state index in [9.17, 15) is 0 Å². The number of aromatic nitrogens is 1. The maximum atomic E-state index is 5.51. The smallest absolute Gasteiger partial charge is 0.133 e. The predicted molar refractivity (Wildman–Crippen MR) is 119 cm³/mol. The van der Waals surface area contributed by atoms with Crippen LogP contribution in [0.15, 0.2) is 91.9 Å². The highest BCUT2D eigenvalue weighted by Crippen LogP contribution is 2.43. The van der Waals surface area contributed by atoms with Crippen LogP contribution in [-0.4, -0.2) is 4.98 Å². The van der Waals surface area contributed by atoms with Gasteiger partial charge in [0.25, 0.3) is 0 Å². The summed E-state index contributed by atoms with van der Waals surface area (Å²) >= 11 is 3.40. The minimum Gasteiger partial charge on any atom is -0.464 e. The number of rotatable bonds is 3. The Labute approximate surface area is 174 Å². The van der Waals surface area contributed by atoms with E-state index in [0.717, 1.165) is 48.6 Å². The molecule has 0 saturated heterocycles. The fourth-order valence-corrected chi connectivity index (χ4v) is 5.26. The zero-order valence-corrected chi connectivity index (χ0v) is 16.7. The zero-order chi connectivity index (χ0) is 19.2. The average molecular weight is 415 g/mol. The number of furan rings is 2. The average Bonchev–Trinajstić information content (AvgIpc) is 3.53. The van der Waals surface area contributed by atoms with E-state index in [0.29, 0.717) is 0 Å². The first-order valence-corrected chi connectivity index (χ1v) is 10.7. The molecule has 1 aliphatic rings. The van der Waals surface area contributed by atoms with E-state index in [4.69, 9.17) is 13.8 Å². The van der Waals surface area contributed by atoms with Gasteiger partial charge in [-0.25, -0.2) is 4.98 Å². The molecule has 2 aromatic carbocycles. The van der Waals surface area contributed by atoms with Crippen molar-refractivity contribution in [2.45, 2.75) is 4.90 Å². The number of fused-ring (bicyclic) bond motifs is 2. The van der Waals surface area contributed by atoms with Gasteiger partial charge in [-0.15, -0.1) is 11.3 Å². The lowest BCUT2D eigenvalue weighted by atomic mass is 10.1. The Hall–Kier alpha value is -3.22. The number of anilines is 1. The summed E-state index contributed by atoms with van der Waals surface area (Å²) in [5, 5.41) is 5.55. The molecule has 0 spiro atoms. The van der Waals surface area contributed by atoms with Gasteiger partial charge in [-0.1, -0.05) is 11.8 Å². The van der Waals surface area contributed by atoms with Gasteiger partial charge in [0.2, 0.25) is 0 Å². The highest BCUT2D eigenvalue weighted by Gasteiger charge is 2.18. The number of nitrogens with one attached hydrogen (secondary N) is 1. The second kappa shape index (κ2) is 6.69. The minimum absolute atomic E-state index is 0.857. The van der Waals surface area contributed by atoms with E-state index in [1.54, 1.807) is 35.6 Å². The highest BCUT2D eigenvalue weighted by molar-refractivity contribution is 8.03. The van der Waals surface area contributed by atoms with Gasteiger partial charge in [0.1, 0.15) is 16.5 Å². The summed E-state index contributed by atoms with van der Waals surface area (Å²) in [4.78, 5) is 6.00. The topological polar surface area (TPSA) is 51.2 Å². The van der Waals surface area contributed by atoms with Gasteiger partial charge in [0.15, 0.2) is 0 Å². The molecule has 0 aliphatic carbocycles. The summed E-state index contributed by atoms with van der Waals surface area (Å²) in [5.74, 6) is 1.73. The molecule has 5 aromatic rings. The van der Waals surface area contributed by atoms with Crippen molar-refractivity contribution in [3.63, 3.8) is 0 Å². The van der Waals surface area contributed by atoms with Crippen LogP contribution in [0.5, 0.6) is 0 Å². The standard InChI is InChI=1S/C23H14N2O2S2/c1-3-18(26-9-1)14-5-7-20-16(11-14)24-22(28-20)13-23-25-17-12-15(6-8-21(17)29-23)19-4-2-10-27-19/h1-13,24H/b22-13-. The van der Waals surface area contributed by atoms with Crippen LogP contribution in [-0.2, 0) is 0 Å². The van der Waals surface area contributed by atoms with Crippen molar-refractivity contribution in [1.82, 2.24) is 4.98 Å². The molecular formula is C23H14N2O2S2. The van der Waals surface area contributed by atoms with Crippen LogP contribution in [0.3, 0.4) is 0 Å². The maximum Gasteiger partial charge on any atom is 0.133 e. The van der Waals surface area contributed by atoms with Gasteiger partial charge in [0.05, 0.1) is 33.5 Å². The molecule has 0 saturated carbocycles. The first-order valence-electron chi connectivity index (χ1n) is 9.11. The van der Waals surface area contributed by atoms with E-state index < -0.39 is 0 Å². The lowest BCUT2D eigenvalue weighted by molar-refractivity contribution is 0.582. The SMILES string of the molecule is C(=C1\Nc2cc(-c3ccco3)ccc2S1)/c1nc2cc(-c3ccco3)ccc2s1. The van der Waals surface area contributed by atoms with Crippen LogP contribution in [0.2, 0.25) is 0 Å². The molecule has 6 rings (SSSR count). The van der Waals surface area contributed by atoms with Crippen LogP contribution >= 0.6 is 23.1 Å². The molecule has 0 fully saturated rings. The Morgan fingerprint density at radius 3 is 2.38 bits per heavy atom. The highest BCUT2D eigenvalue weighted by atomic mass is 32.2. The van der Waals surface area contributed by atoms with Crippen molar-refractivity contribution in [3.05, 3.63) is 83.2 Å². The number of nitrogens with zero attached hydrogens (tertiary/aromatic N) is 1.